The third-order valence-electron chi connectivity index (χ3n) is 4.98. The number of nitrogens with zero attached hydrogens (tertiary/aromatic N) is 2. The number of aryl methyl sites for hydroxylation is 1. The Hall–Kier alpha value is -2.25. The summed E-state index contributed by atoms with van der Waals surface area (Å²) in [5, 5.41) is 7.11. The minimum atomic E-state index is -0.0183. The van der Waals surface area contributed by atoms with E-state index >= 15 is 0 Å². The van der Waals surface area contributed by atoms with E-state index in [0.717, 1.165) is 53.6 Å². The second-order valence-electron chi connectivity index (χ2n) is 8.06. The van der Waals surface area contributed by atoms with Crippen molar-refractivity contribution in [2.75, 3.05) is 25.0 Å². The van der Waals surface area contributed by atoms with Gasteiger partial charge in [0.25, 0.3) is 5.91 Å². The second-order valence-corrected chi connectivity index (χ2v) is 9.14. The number of hydrogen-bond acceptors (Lipinski definition) is 5. The summed E-state index contributed by atoms with van der Waals surface area (Å²) in [5.74, 6) is 0.506. The Bertz CT molecular complexity index is 827. The summed E-state index contributed by atoms with van der Waals surface area (Å²) in [6, 6.07) is 9.64. The number of rotatable bonds is 7. The summed E-state index contributed by atoms with van der Waals surface area (Å²) in [5.41, 5.74) is 1.63. The van der Waals surface area contributed by atoms with Crippen LogP contribution in [-0.4, -0.2) is 47.4 Å². The van der Waals surface area contributed by atoms with Gasteiger partial charge in [0.15, 0.2) is 0 Å². The molecule has 2 amide bonds. The van der Waals surface area contributed by atoms with Crippen LogP contribution in [0.15, 0.2) is 30.3 Å². The van der Waals surface area contributed by atoms with Gasteiger partial charge in [-0.25, -0.2) is 4.98 Å². The van der Waals surface area contributed by atoms with Crippen molar-refractivity contribution in [3.8, 4) is 0 Å². The summed E-state index contributed by atoms with van der Waals surface area (Å²) >= 11 is 1.51. The lowest BCUT2D eigenvalue weighted by molar-refractivity contribution is -0.117. The van der Waals surface area contributed by atoms with Gasteiger partial charge in [0.2, 0.25) is 5.91 Å². The van der Waals surface area contributed by atoms with Crippen molar-refractivity contribution >= 4 is 28.8 Å². The second kappa shape index (κ2) is 9.98. The lowest BCUT2D eigenvalue weighted by Crippen LogP contribution is -2.46. The van der Waals surface area contributed by atoms with Gasteiger partial charge in [0.05, 0.1) is 17.2 Å². The molecular weight excluding hydrogens is 384 g/mol. The van der Waals surface area contributed by atoms with E-state index < -0.39 is 0 Å². The molecule has 1 saturated heterocycles. The first kappa shape index (κ1) is 21.5. The minimum Gasteiger partial charge on any atom is -0.348 e. The average molecular weight is 415 g/mol. The number of carbonyl (C=O) groups excluding carboxylic acids is 2. The molecular formula is C22H30N4O2S. The van der Waals surface area contributed by atoms with Gasteiger partial charge >= 0.3 is 0 Å². The highest BCUT2D eigenvalue weighted by atomic mass is 32.1. The number of thiazole rings is 1. The lowest BCUT2D eigenvalue weighted by Gasteiger charge is -2.31. The molecule has 0 aliphatic carbocycles. The molecule has 7 heteroatoms. The smallest absolute Gasteiger partial charge is 0.263 e. The molecule has 1 aliphatic heterocycles. The molecule has 3 rings (SSSR count). The van der Waals surface area contributed by atoms with Crippen molar-refractivity contribution in [2.45, 2.75) is 46.1 Å². The summed E-state index contributed by atoms with van der Waals surface area (Å²) in [4.78, 5) is 32.3. The van der Waals surface area contributed by atoms with Crippen molar-refractivity contribution < 1.29 is 9.59 Å². The average Bonchev–Trinajstić information content (AvgIpc) is 3.03. The van der Waals surface area contributed by atoms with Crippen LogP contribution in [0.25, 0.3) is 0 Å². The highest BCUT2D eigenvalue weighted by Crippen LogP contribution is 2.21. The standard InChI is InChI=1S/C22H30N4O2S/c1-15(2)13-20-23-16(3)21(29-20)22(28)25-18-9-11-26(12-10-18)14-19(27)24-17-7-5-4-6-8-17/h4-8,15,18H,9-14H2,1-3H3,(H,24,27)(H,25,28). The zero-order valence-electron chi connectivity index (χ0n) is 17.4. The number of anilines is 1. The molecule has 2 aromatic rings. The Kier molecular flexibility index (Phi) is 7.39. The van der Waals surface area contributed by atoms with Crippen molar-refractivity contribution in [2.24, 2.45) is 5.92 Å². The molecule has 2 N–H and O–H groups in total. The van der Waals surface area contributed by atoms with Crippen LogP contribution < -0.4 is 10.6 Å². The van der Waals surface area contributed by atoms with Gasteiger partial charge in [0, 0.05) is 31.2 Å². The Labute approximate surface area is 176 Å². The van der Waals surface area contributed by atoms with Crippen LogP contribution >= 0.6 is 11.3 Å². The number of nitrogens with one attached hydrogen (secondary N) is 2. The quantitative estimate of drug-likeness (QED) is 0.727. The third-order valence-corrected chi connectivity index (χ3v) is 6.16. The van der Waals surface area contributed by atoms with Gasteiger partial charge in [-0.05, 0) is 37.8 Å². The molecule has 156 valence electrons. The van der Waals surface area contributed by atoms with Gasteiger partial charge in [-0.3, -0.25) is 14.5 Å². The fourth-order valence-corrected chi connectivity index (χ4v) is 4.69. The Morgan fingerprint density at radius 3 is 2.55 bits per heavy atom. The van der Waals surface area contributed by atoms with Crippen LogP contribution in [0.1, 0.15) is 47.1 Å². The highest BCUT2D eigenvalue weighted by molar-refractivity contribution is 7.13. The molecule has 0 unspecified atom stereocenters. The fraction of sp³-hybridized carbons (Fsp3) is 0.500. The van der Waals surface area contributed by atoms with E-state index in [1.807, 2.05) is 37.3 Å². The number of carbonyl (C=O) groups is 2. The van der Waals surface area contributed by atoms with Crippen LogP contribution in [0.5, 0.6) is 0 Å². The fourth-order valence-electron chi connectivity index (χ4n) is 3.51. The monoisotopic (exact) mass is 414 g/mol. The van der Waals surface area contributed by atoms with E-state index in [-0.39, 0.29) is 17.9 Å². The molecule has 0 radical (unpaired) electrons. The molecule has 0 atom stereocenters. The Morgan fingerprint density at radius 1 is 1.21 bits per heavy atom. The number of piperidine rings is 1. The van der Waals surface area contributed by atoms with Gasteiger partial charge in [0.1, 0.15) is 4.88 Å². The number of para-hydroxylation sites is 1. The molecule has 0 saturated carbocycles. The van der Waals surface area contributed by atoms with Crippen molar-refractivity contribution in [1.29, 1.82) is 0 Å². The normalized spacial score (nSPS) is 15.4. The van der Waals surface area contributed by atoms with E-state index in [0.29, 0.717) is 12.5 Å². The lowest BCUT2D eigenvalue weighted by atomic mass is 10.0. The largest absolute Gasteiger partial charge is 0.348 e. The number of benzene rings is 1. The molecule has 0 spiro atoms. The van der Waals surface area contributed by atoms with Gasteiger partial charge < -0.3 is 10.6 Å². The maximum Gasteiger partial charge on any atom is 0.263 e. The SMILES string of the molecule is Cc1nc(CC(C)C)sc1C(=O)NC1CCN(CC(=O)Nc2ccccc2)CC1. The van der Waals surface area contributed by atoms with E-state index in [2.05, 4.69) is 34.4 Å². The van der Waals surface area contributed by atoms with Crippen LogP contribution in [0, 0.1) is 12.8 Å². The number of aromatic nitrogens is 1. The summed E-state index contributed by atoms with van der Waals surface area (Å²) < 4.78 is 0. The topological polar surface area (TPSA) is 74.3 Å². The van der Waals surface area contributed by atoms with E-state index in [9.17, 15) is 9.59 Å². The number of likely N-dealkylation sites (tertiary alicyclic amines) is 1. The van der Waals surface area contributed by atoms with Crippen LogP contribution in [0.2, 0.25) is 0 Å². The van der Waals surface area contributed by atoms with Gasteiger partial charge in [-0.2, -0.15) is 0 Å². The van der Waals surface area contributed by atoms with Gasteiger partial charge in [-0.1, -0.05) is 32.0 Å². The molecule has 1 fully saturated rings. The van der Waals surface area contributed by atoms with Gasteiger partial charge in [-0.15, -0.1) is 11.3 Å². The Balaban J connectivity index is 1.44. The van der Waals surface area contributed by atoms with Crippen molar-refractivity contribution in [3.63, 3.8) is 0 Å². The zero-order chi connectivity index (χ0) is 20.8. The molecule has 1 aromatic carbocycles. The molecule has 1 aliphatic rings. The highest BCUT2D eigenvalue weighted by Gasteiger charge is 2.24. The molecule has 29 heavy (non-hydrogen) atoms. The first-order valence-electron chi connectivity index (χ1n) is 10.2. The van der Waals surface area contributed by atoms with Crippen LogP contribution in [0.4, 0.5) is 5.69 Å². The van der Waals surface area contributed by atoms with Crippen LogP contribution in [-0.2, 0) is 11.2 Å². The first-order valence-corrected chi connectivity index (χ1v) is 11.1. The summed E-state index contributed by atoms with van der Waals surface area (Å²) in [6.07, 6.45) is 2.60. The van der Waals surface area contributed by atoms with Crippen molar-refractivity contribution in [1.82, 2.24) is 15.2 Å². The maximum atomic E-state index is 12.7. The minimum absolute atomic E-state index is 0.00310. The Morgan fingerprint density at radius 2 is 1.90 bits per heavy atom. The van der Waals surface area contributed by atoms with Crippen molar-refractivity contribution in [3.05, 3.63) is 45.9 Å². The first-order chi connectivity index (χ1) is 13.9. The third kappa shape index (κ3) is 6.37. The molecule has 0 bridgehead atoms. The number of hydrogen-bond donors (Lipinski definition) is 2. The zero-order valence-corrected chi connectivity index (χ0v) is 18.2. The maximum absolute atomic E-state index is 12.7. The molecule has 1 aromatic heterocycles. The predicted octanol–water partition coefficient (Wildman–Crippen LogP) is 3.48. The van der Waals surface area contributed by atoms with E-state index in [1.54, 1.807) is 0 Å². The molecule has 6 nitrogen and oxygen atoms in total. The summed E-state index contributed by atoms with van der Waals surface area (Å²) in [6.45, 7) is 8.20. The van der Waals surface area contributed by atoms with E-state index in [1.165, 1.54) is 11.3 Å². The summed E-state index contributed by atoms with van der Waals surface area (Å²) in [7, 11) is 0. The predicted molar refractivity (Wildman–Crippen MR) is 117 cm³/mol. The van der Waals surface area contributed by atoms with E-state index in [4.69, 9.17) is 0 Å². The van der Waals surface area contributed by atoms with Crippen LogP contribution in [0.3, 0.4) is 0 Å². The number of amides is 2. The molecule has 2 heterocycles.